The molecule has 0 spiro atoms. The van der Waals surface area contributed by atoms with E-state index in [9.17, 15) is 4.79 Å². The smallest absolute Gasteiger partial charge is 0.340 e. The zero-order valence-electron chi connectivity index (χ0n) is 14.0. The number of nitrogens with two attached hydrogens (primary N) is 1. The molecule has 2 rings (SSSR count). The minimum atomic E-state index is -0.470. The highest BCUT2D eigenvalue weighted by atomic mass is 35.5. The van der Waals surface area contributed by atoms with Gasteiger partial charge in [-0.2, -0.15) is 0 Å². The van der Waals surface area contributed by atoms with Crippen molar-refractivity contribution in [3.8, 4) is 17.2 Å². The number of halogens is 1. The van der Waals surface area contributed by atoms with Crippen molar-refractivity contribution in [2.45, 2.75) is 13.5 Å². The van der Waals surface area contributed by atoms with Crippen molar-refractivity contribution in [1.82, 2.24) is 4.98 Å². The van der Waals surface area contributed by atoms with Crippen molar-refractivity contribution in [3.05, 3.63) is 23.5 Å². The largest absolute Gasteiger partial charge is 0.493 e. The molecule has 8 heteroatoms. The Balaban J connectivity index is 0.00000288. The molecule has 0 bridgehead atoms. The van der Waals surface area contributed by atoms with Crippen molar-refractivity contribution in [2.75, 3.05) is 27.9 Å². The molecule has 1 aromatic heterocycles. The normalized spacial score (nSPS) is 10.0. The summed E-state index contributed by atoms with van der Waals surface area (Å²) in [5, 5.41) is 1.20. The third kappa shape index (κ3) is 3.32. The van der Waals surface area contributed by atoms with E-state index in [1.54, 1.807) is 13.0 Å². The van der Waals surface area contributed by atoms with Gasteiger partial charge in [0.05, 0.1) is 44.6 Å². The van der Waals surface area contributed by atoms with Gasteiger partial charge in [0.15, 0.2) is 11.5 Å². The third-order valence-corrected chi connectivity index (χ3v) is 3.45. The Labute approximate surface area is 146 Å². The number of carbonyl (C=O) groups excluding carboxylic acids is 1. The molecule has 0 unspecified atom stereocenters. The molecule has 0 fully saturated rings. The molecule has 7 nitrogen and oxygen atoms in total. The van der Waals surface area contributed by atoms with Gasteiger partial charge in [0.25, 0.3) is 0 Å². The van der Waals surface area contributed by atoms with Gasteiger partial charge in [0.1, 0.15) is 0 Å². The summed E-state index contributed by atoms with van der Waals surface area (Å²) in [5.41, 5.74) is 6.69. The maximum absolute atomic E-state index is 12.2. The lowest BCUT2D eigenvalue weighted by Crippen LogP contribution is -2.10. The number of hydrogen-bond acceptors (Lipinski definition) is 7. The summed E-state index contributed by atoms with van der Waals surface area (Å²) in [6.45, 7) is 2.20. The Morgan fingerprint density at radius 2 is 1.83 bits per heavy atom. The lowest BCUT2D eigenvalue weighted by Gasteiger charge is -2.17. The lowest BCUT2D eigenvalue weighted by atomic mass is 10.0. The first-order chi connectivity index (χ1) is 11.1. The van der Waals surface area contributed by atoms with Gasteiger partial charge in [-0.3, -0.25) is 4.98 Å². The minimum Gasteiger partial charge on any atom is -0.493 e. The van der Waals surface area contributed by atoms with Crippen LogP contribution in [-0.4, -0.2) is 38.9 Å². The van der Waals surface area contributed by atoms with Crippen LogP contribution in [0.3, 0.4) is 0 Å². The second-order valence-corrected chi connectivity index (χ2v) is 4.61. The predicted molar refractivity (Wildman–Crippen MR) is 92.5 cm³/mol. The van der Waals surface area contributed by atoms with Crippen LogP contribution in [0.1, 0.15) is 23.0 Å². The van der Waals surface area contributed by atoms with Crippen molar-refractivity contribution in [2.24, 2.45) is 5.73 Å². The number of ether oxygens (including phenoxy) is 4. The van der Waals surface area contributed by atoms with Gasteiger partial charge >= 0.3 is 5.97 Å². The summed E-state index contributed by atoms with van der Waals surface area (Å²) in [6, 6.07) is 1.70. The molecule has 132 valence electrons. The molecule has 0 aliphatic rings. The summed E-state index contributed by atoms with van der Waals surface area (Å²) >= 11 is 0. The molecule has 0 aliphatic heterocycles. The molecule has 0 atom stereocenters. The van der Waals surface area contributed by atoms with E-state index >= 15 is 0 Å². The zero-order valence-corrected chi connectivity index (χ0v) is 14.9. The van der Waals surface area contributed by atoms with E-state index < -0.39 is 5.97 Å². The van der Waals surface area contributed by atoms with Gasteiger partial charge in [-0.1, -0.05) is 0 Å². The van der Waals surface area contributed by atoms with Crippen LogP contribution in [0.4, 0.5) is 0 Å². The number of nitrogens with zero attached hydrogens (tertiary/aromatic N) is 1. The fourth-order valence-corrected chi connectivity index (χ4v) is 2.46. The fourth-order valence-electron chi connectivity index (χ4n) is 2.46. The fraction of sp³-hybridized carbons (Fsp3) is 0.375. The minimum absolute atomic E-state index is 0. The molecule has 0 radical (unpaired) electrons. The van der Waals surface area contributed by atoms with Gasteiger partial charge < -0.3 is 24.7 Å². The number of pyridine rings is 1. The highest BCUT2D eigenvalue weighted by molar-refractivity contribution is 6.08. The van der Waals surface area contributed by atoms with E-state index in [1.807, 2.05) is 0 Å². The van der Waals surface area contributed by atoms with Crippen molar-refractivity contribution < 1.29 is 23.7 Å². The quantitative estimate of drug-likeness (QED) is 0.794. The van der Waals surface area contributed by atoms with Gasteiger partial charge in [0, 0.05) is 18.1 Å². The van der Waals surface area contributed by atoms with E-state index in [2.05, 4.69) is 4.98 Å². The number of fused-ring (bicyclic) bond motifs is 1. The summed E-state index contributed by atoms with van der Waals surface area (Å²) < 4.78 is 21.3. The maximum Gasteiger partial charge on any atom is 0.340 e. The molecule has 0 amide bonds. The van der Waals surface area contributed by atoms with E-state index in [0.29, 0.717) is 39.3 Å². The van der Waals surface area contributed by atoms with Crippen LogP contribution >= 0.6 is 12.4 Å². The van der Waals surface area contributed by atoms with Gasteiger partial charge in [-0.05, 0) is 13.0 Å². The molecule has 2 aromatic rings. The van der Waals surface area contributed by atoms with Gasteiger partial charge in [-0.25, -0.2) is 4.79 Å². The Morgan fingerprint density at radius 3 is 2.33 bits per heavy atom. The third-order valence-electron chi connectivity index (χ3n) is 3.45. The molecule has 2 N–H and O–H groups in total. The average Bonchev–Trinajstić information content (AvgIpc) is 2.58. The number of aromatic nitrogens is 1. The van der Waals surface area contributed by atoms with Crippen LogP contribution in [0.25, 0.3) is 10.8 Å². The highest BCUT2D eigenvalue weighted by Crippen LogP contribution is 2.45. The molecular weight excluding hydrogens is 336 g/mol. The lowest BCUT2D eigenvalue weighted by molar-refractivity contribution is 0.0528. The van der Waals surface area contributed by atoms with E-state index in [4.69, 9.17) is 24.7 Å². The van der Waals surface area contributed by atoms with Gasteiger partial charge in [0.2, 0.25) is 5.75 Å². The Bertz CT molecular complexity index is 736. The van der Waals surface area contributed by atoms with Crippen LogP contribution in [0.5, 0.6) is 17.2 Å². The van der Waals surface area contributed by atoms with Crippen LogP contribution in [0.15, 0.2) is 12.3 Å². The summed E-state index contributed by atoms with van der Waals surface area (Å²) in [6.07, 6.45) is 1.45. The van der Waals surface area contributed by atoms with Crippen molar-refractivity contribution in [3.63, 3.8) is 0 Å². The van der Waals surface area contributed by atoms with Crippen molar-refractivity contribution in [1.29, 1.82) is 0 Å². The first-order valence-electron chi connectivity index (χ1n) is 7.10. The zero-order chi connectivity index (χ0) is 17.0. The Kier molecular flexibility index (Phi) is 7.06. The van der Waals surface area contributed by atoms with Crippen LogP contribution < -0.4 is 19.9 Å². The predicted octanol–water partition coefficient (Wildman–Crippen LogP) is 2.32. The number of carbonyl (C=O) groups is 1. The number of rotatable bonds is 6. The van der Waals surface area contributed by atoms with Crippen molar-refractivity contribution >= 4 is 29.1 Å². The topological polar surface area (TPSA) is 92.9 Å². The second-order valence-electron chi connectivity index (χ2n) is 4.61. The monoisotopic (exact) mass is 356 g/mol. The maximum atomic E-state index is 12.2. The molecule has 0 saturated heterocycles. The Morgan fingerprint density at radius 1 is 1.17 bits per heavy atom. The van der Waals surface area contributed by atoms with Crippen LogP contribution in [-0.2, 0) is 11.3 Å². The van der Waals surface area contributed by atoms with Crippen LogP contribution in [0.2, 0.25) is 0 Å². The molecular formula is C16H21ClN2O5. The van der Waals surface area contributed by atoms with E-state index in [0.717, 1.165) is 0 Å². The number of benzene rings is 1. The van der Waals surface area contributed by atoms with E-state index in [1.165, 1.54) is 27.5 Å². The second kappa shape index (κ2) is 8.56. The SMILES string of the molecule is CCOC(=O)c1cnc(CN)c2c(OC)c(OC)c(OC)cc12.Cl. The number of methoxy groups -OCH3 is 3. The summed E-state index contributed by atoms with van der Waals surface area (Å²) in [5.74, 6) is 0.806. The molecule has 0 aliphatic carbocycles. The first-order valence-corrected chi connectivity index (χ1v) is 7.10. The van der Waals surface area contributed by atoms with Gasteiger partial charge in [-0.15, -0.1) is 12.4 Å². The summed E-state index contributed by atoms with van der Waals surface area (Å²) in [7, 11) is 4.53. The molecule has 1 heterocycles. The standard InChI is InChI=1S/C16H20N2O5.ClH/c1-5-23-16(19)10-8-18-11(7-17)13-9(10)6-12(20-2)14(21-3)15(13)22-4;/h6,8H,5,7,17H2,1-4H3;1H. The summed E-state index contributed by atoms with van der Waals surface area (Å²) in [4.78, 5) is 16.5. The first kappa shape index (κ1) is 19.8. The molecule has 24 heavy (non-hydrogen) atoms. The number of esters is 1. The van der Waals surface area contributed by atoms with Crippen LogP contribution in [0, 0.1) is 0 Å². The van der Waals surface area contributed by atoms with E-state index in [-0.39, 0.29) is 25.6 Å². The number of hydrogen-bond donors (Lipinski definition) is 1. The molecule has 1 aromatic carbocycles. The molecule has 0 saturated carbocycles. The highest BCUT2D eigenvalue weighted by Gasteiger charge is 2.23. The average molecular weight is 357 g/mol. The Hall–Kier alpha value is -2.25.